The van der Waals surface area contributed by atoms with Gasteiger partial charge in [-0.1, -0.05) is 0 Å². The fourth-order valence-corrected chi connectivity index (χ4v) is 1.20. The Kier molecular flexibility index (Phi) is 3.73. The number of rotatable bonds is 4. The zero-order valence-electron chi connectivity index (χ0n) is 5.94. The monoisotopic (exact) mass is 180 g/mol. The first-order valence-corrected chi connectivity index (χ1v) is 4.55. The number of ether oxygens (including phenoxy) is 1. The van der Waals surface area contributed by atoms with E-state index >= 15 is 0 Å². The van der Waals surface area contributed by atoms with Gasteiger partial charge in [-0.2, -0.15) is 0 Å². The van der Waals surface area contributed by atoms with Crippen molar-refractivity contribution in [2.24, 2.45) is 0 Å². The van der Waals surface area contributed by atoms with Gasteiger partial charge < -0.3 is 9.53 Å². The molecule has 0 unspecified atom stereocenters. The molecule has 0 amide bonds. The zero-order valence-corrected chi connectivity index (χ0v) is 6.76. The van der Waals surface area contributed by atoms with Crippen LogP contribution < -0.4 is 0 Å². The number of carbonyl (C=O) groups excluding carboxylic acids is 2. The number of carbonyl (C=O) groups is 2. The van der Waals surface area contributed by atoms with Gasteiger partial charge in [0, 0.05) is 0 Å². The molecule has 0 saturated heterocycles. The highest BCUT2D eigenvalue weighted by atomic mass is 32.2. The van der Waals surface area contributed by atoms with Crippen molar-refractivity contribution in [3.05, 3.63) is 0 Å². The van der Waals surface area contributed by atoms with Crippen LogP contribution in [0.25, 0.3) is 0 Å². The Balaban J connectivity index is 4.13. The SMILES string of the molecule is COC(=O)CS(=O)(=O)CC=O. The van der Waals surface area contributed by atoms with Crippen molar-refractivity contribution in [3.63, 3.8) is 0 Å². The molecule has 0 heterocycles. The third-order valence-electron chi connectivity index (χ3n) is 0.887. The van der Waals surface area contributed by atoms with E-state index in [4.69, 9.17) is 0 Å². The second kappa shape index (κ2) is 4.07. The van der Waals surface area contributed by atoms with Crippen LogP contribution in [0.2, 0.25) is 0 Å². The lowest BCUT2D eigenvalue weighted by Crippen LogP contribution is -2.20. The van der Waals surface area contributed by atoms with Gasteiger partial charge in [0.25, 0.3) is 0 Å². The highest BCUT2D eigenvalue weighted by Crippen LogP contribution is 1.88. The van der Waals surface area contributed by atoms with Gasteiger partial charge in [-0.25, -0.2) is 8.42 Å². The Morgan fingerprint density at radius 3 is 2.45 bits per heavy atom. The zero-order chi connectivity index (χ0) is 8.91. The topological polar surface area (TPSA) is 77.5 Å². The molecule has 6 heteroatoms. The number of methoxy groups -OCH3 is 1. The predicted octanol–water partition coefficient (Wildman–Crippen LogP) is -1.23. The van der Waals surface area contributed by atoms with Crippen molar-refractivity contribution in [1.29, 1.82) is 0 Å². The first kappa shape index (κ1) is 10.1. The molecule has 0 radical (unpaired) electrons. The van der Waals surface area contributed by atoms with Crippen LogP contribution in [0.4, 0.5) is 0 Å². The van der Waals surface area contributed by atoms with E-state index in [2.05, 4.69) is 4.74 Å². The Morgan fingerprint density at radius 2 is 2.09 bits per heavy atom. The Labute approximate surface area is 64.3 Å². The molecule has 5 nitrogen and oxygen atoms in total. The van der Waals surface area contributed by atoms with Gasteiger partial charge in [-0.3, -0.25) is 4.79 Å². The molecule has 0 fully saturated rings. The average Bonchev–Trinajstić information content (AvgIpc) is 1.86. The average molecular weight is 180 g/mol. The van der Waals surface area contributed by atoms with Gasteiger partial charge in [-0.05, 0) is 0 Å². The summed E-state index contributed by atoms with van der Waals surface area (Å²) < 4.78 is 25.4. The first-order chi connectivity index (χ1) is 5.02. The lowest BCUT2D eigenvalue weighted by molar-refractivity contribution is -0.137. The molecule has 0 spiro atoms. The van der Waals surface area contributed by atoms with Crippen molar-refractivity contribution >= 4 is 22.1 Å². The van der Waals surface area contributed by atoms with Crippen molar-refractivity contribution in [2.45, 2.75) is 0 Å². The van der Waals surface area contributed by atoms with E-state index in [0.29, 0.717) is 0 Å². The van der Waals surface area contributed by atoms with E-state index < -0.39 is 27.3 Å². The van der Waals surface area contributed by atoms with Crippen LogP contribution in [0.1, 0.15) is 0 Å². The standard InChI is InChI=1S/C5H8O5S/c1-10-5(7)4-11(8,9)3-2-6/h2H,3-4H2,1H3. The Morgan fingerprint density at radius 1 is 1.55 bits per heavy atom. The number of hydrogen-bond acceptors (Lipinski definition) is 5. The molecule has 0 saturated carbocycles. The molecule has 0 aromatic rings. The molecule has 0 bridgehead atoms. The number of aldehydes is 1. The molecule has 0 rings (SSSR count). The third kappa shape index (κ3) is 4.49. The summed E-state index contributed by atoms with van der Waals surface area (Å²) in [6, 6.07) is 0. The van der Waals surface area contributed by atoms with Crippen LogP contribution in [0, 0.1) is 0 Å². The second-order valence-corrected chi connectivity index (χ2v) is 3.91. The fourth-order valence-electron chi connectivity index (χ4n) is 0.401. The van der Waals surface area contributed by atoms with Gasteiger partial charge >= 0.3 is 5.97 Å². The molecular weight excluding hydrogens is 172 g/mol. The van der Waals surface area contributed by atoms with Gasteiger partial charge in [0.1, 0.15) is 17.8 Å². The van der Waals surface area contributed by atoms with Crippen molar-refractivity contribution in [1.82, 2.24) is 0 Å². The van der Waals surface area contributed by atoms with Crippen molar-refractivity contribution in [3.8, 4) is 0 Å². The fraction of sp³-hybridized carbons (Fsp3) is 0.600. The van der Waals surface area contributed by atoms with Gasteiger partial charge in [-0.15, -0.1) is 0 Å². The highest BCUT2D eigenvalue weighted by molar-refractivity contribution is 7.92. The Bertz CT molecular complexity index is 240. The molecule has 0 atom stereocenters. The maximum Gasteiger partial charge on any atom is 0.320 e. The summed E-state index contributed by atoms with van der Waals surface area (Å²) >= 11 is 0. The van der Waals surface area contributed by atoms with Crippen LogP contribution in [0.3, 0.4) is 0 Å². The molecule has 0 aliphatic heterocycles. The number of sulfone groups is 1. The van der Waals surface area contributed by atoms with E-state index in [1.54, 1.807) is 0 Å². The maximum atomic E-state index is 10.7. The van der Waals surface area contributed by atoms with Crippen LogP contribution in [0.5, 0.6) is 0 Å². The first-order valence-electron chi connectivity index (χ1n) is 2.72. The van der Waals surface area contributed by atoms with E-state index in [9.17, 15) is 18.0 Å². The van der Waals surface area contributed by atoms with E-state index in [1.165, 1.54) is 0 Å². The van der Waals surface area contributed by atoms with Crippen molar-refractivity contribution in [2.75, 3.05) is 18.6 Å². The highest BCUT2D eigenvalue weighted by Gasteiger charge is 2.15. The molecule has 0 aromatic carbocycles. The van der Waals surface area contributed by atoms with E-state index in [0.717, 1.165) is 7.11 Å². The number of hydrogen-bond donors (Lipinski definition) is 0. The summed E-state index contributed by atoms with van der Waals surface area (Å²) in [5.74, 6) is -2.23. The Hall–Kier alpha value is -0.910. The minimum atomic E-state index is -3.59. The molecule has 0 N–H and O–H groups in total. The summed E-state index contributed by atoms with van der Waals surface area (Å²) in [4.78, 5) is 20.1. The molecule has 64 valence electrons. The molecule has 0 aliphatic rings. The summed E-state index contributed by atoms with van der Waals surface area (Å²) in [6.45, 7) is 0. The normalized spacial score (nSPS) is 10.6. The minimum absolute atomic E-state index is 0.234. The smallest absolute Gasteiger partial charge is 0.320 e. The molecule has 0 aromatic heterocycles. The van der Waals surface area contributed by atoms with Crippen molar-refractivity contribution < 1.29 is 22.7 Å². The molecule has 11 heavy (non-hydrogen) atoms. The third-order valence-corrected chi connectivity index (χ3v) is 2.21. The molecular formula is C5H8O5S. The summed E-state index contributed by atoms with van der Waals surface area (Å²) in [5, 5.41) is 0. The lowest BCUT2D eigenvalue weighted by atomic mass is 10.8. The summed E-state index contributed by atoms with van der Waals surface area (Å²) in [5.41, 5.74) is 0. The summed E-state index contributed by atoms with van der Waals surface area (Å²) in [7, 11) is -2.50. The molecule has 0 aliphatic carbocycles. The van der Waals surface area contributed by atoms with Crippen LogP contribution >= 0.6 is 0 Å². The van der Waals surface area contributed by atoms with E-state index in [1.807, 2.05) is 0 Å². The lowest BCUT2D eigenvalue weighted by Gasteiger charge is -1.96. The van der Waals surface area contributed by atoms with Gasteiger partial charge in [0.2, 0.25) is 0 Å². The summed E-state index contributed by atoms with van der Waals surface area (Å²) in [6.07, 6.45) is 0.234. The van der Waals surface area contributed by atoms with E-state index in [-0.39, 0.29) is 6.29 Å². The van der Waals surface area contributed by atoms with Crippen LogP contribution in [-0.2, 0) is 24.2 Å². The quantitative estimate of drug-likeness (QED) is 0.400. The van der Waals surface area contributed by atoms with Crippen LogP contribution in [-0.4, -0.2) is 39.3 Å². The maximum absolute atomic E-state index is 10.7. The number of esters is 1. The van der Waals surface area contributed by atoms with Crippen LogP contribution in [0.15, 0.2) is 0 Å². The predicted molar refractivity (Wildman–Crippen MR) is 36.7 cm³/mol. The van der Waals surface area contributed by atoms with Gasteiger partial charge in [0.05, 0.1) is 7.11 Å². The largest absolute Gasteiger partial charge is 0.468 e. The van der Waals surface area contributed by atoms with Gasteiger partial charge in [0.15, 0.2) is 9.84 Å². The minimum Gasteiger partial charge on any atom is -0.468 e. The second-order valence-electron chi connectivity index (χ2n) is 1.80.